The van der Waals surface area contributed by atoms with E-state index in [1.807, 2.05) is 22.9 Å². The zero-order valence-electron chi connectivity index (χ0n) is 9.63. The lowest BCUT2D eigenvalue weighted by atomic mass is 10.1. The molecule has 5 heteroatoms. The molecule has 0 saturated heterocycles. The number of benzene rings is 1. The fourth-order valence-corrected chi connectivity index (χ4v) is 1.74. The van der Waals surface area contributed by atoms with Crippen molar-refractivity contribution in [3.63, 3.8) is 0 Å². The van der Waals surface area contributed by atoms with Crippen LogP contribution in [-0.4, -0.2) is 10.5 Å². The Morgan fingerprint density at radius 2 is 2.22 bits per heavy atom. The Morgan fingerprint density at radius 1 is 1.39 bits per heavy atom. The van der Waals surface area contributed by atoms with Gasteiger partial charge in [-0.15, -0.1) is 0 Å². The first-order valence-electron chi connectivity index (χ1n) is 5.39. The molecule has 0 aliphatic carbocycles. The molecule has 5 nitrogen and oxygen atoms in total. The van der Waals surface area contributed by atoms with E-state index in [0.717, 1.165) is 5.56 Å². The van der Waals surface area contributed by atoms with Crippen molar-refractivity contribution in [3.8, 4) is 6.07 Å². The summed E-state index contributed by atoms with van der Waals surface area (Å²) >= 11 is 0. The molecule has 0 spiro atoms. The summed E-state index contributed by atoms with van der Waals surface area (Å²) in [6, 6.07) is 12.8. The highest BCUT2D eigenvalue weighted by molar-refractivity contribution is 5.93. The van der Waals surface area contributed by atoms with Crippen LogP contribution in [0.25, 0.3) is 0 Å². The number of aromatic nitrogens is 1. The van der Waals surface area contributed by atoms with Crippen molar-refractivity contribution in [3.05, 3.63) is 59.4 Å². The fourth-order valence-electron chi connectivity index (χ4n) is 1.74. The maximum absolute atomic E-state index is 11.4. The van der Waals surface area contributed by atoms with E-state index in [1.54, 1.807) is 24.3 Å². The van der Waals surface area contributed by atoms with Crippen LogP contribution in [-0.2, 0) is 6.54 Å². The molecule has 90 valence electrons. The van der Waals surface area contributed by atoms with E-state index in [-0.39, 0.29) is 5.91 Å². The van der Waals surface area contributed by atoms with Gasteiger partial charge in [-0.2, -0.15) is 5.26 Å². The molecule has 0 fully saturated rings. The second kappa shape index (κ2) is 5.17. The normalized spacial score (nSPS) is 9.78. The van der Waals surface area contributed by atoms with E-state index in [1.165, 1.54) is 0 Å². The number of nitriles is 1. The summed E-state index contributed by atoms with van der Waals surface area (Å²) in [5.74, 6) is 4.76. The Balaban J connectivity index is 2.25. The zero-order valence-corrected chi connectivity index (χ0v) is 9.63. The van der Waals surface area contributed by atoms with Crippen LogP contribution in [0.4, 0.5) is 0 Å². The van der Waals surface area contributed by atoms with Gasteiger partial charge in [-0.3, -0.25) is 10.2 Å². The van der Waals surface area contributed by atoms with Crippen molar-refractivity contribution in [2.24, 2.45) is 5.84 Å². The largest absolute Gasteiger partial charge is 0.335 e. The number of nitrogens with one attached hydrogen (secondary N) is 1. The molecule has 1 amide bonds. The van der Waals surface area contributed by atoms with Crippen molar-refractivity contribution in [2.45, 2.75) is 6.54 Å². The number of nitrogen functional groups attached to an aromatic ring is 1. The zero-order chi connectivity index (χ0) is 13.0. The molecule has 0 bridgehead atoms. The summed E-state index contributed by atoms with van der Waals surface area (Å²) in [6.45, 7) is 0.543. The molecule has 0 saturated carbocycles. The minimum Gasteiger partial charge on any atom is -0.335 e. The third kappa shape index (κ3) is 2.39. The predicted molar refractivity (Wildman–Crippen MR) is 66.3 cm³/mol. The van der Waals surface area contributed by atoms with Crippen molar-refractivity contribution >= 4 is 5.91 Å². The molecule has 0 radical (unpaired) electrons. The molecular weight excluding hydrogens is 228 g/mol. The highest BCUT2D eigenvalue weighted by atomic mass is 16.2. The van der Waals surface area contributed by atoms with Crippen molar-refractivity contribution < 1.29 is 4.79 Å². The molecule has 2 aromatic rings. The minimum absolute atomic E-state index is 0.329. The molecular formula is C13H12N4O. The molecule has 1 aromatic carbocycles. The van der Waals surface area contributed by atoms with Gasteiger partial charge in [0, 0.05) is 18.3 Å². The van der Waals surface area contributed by atoms with Gasteiger partial charge in [0.25, 0.3) is 5.91 Å². The Kier molecular flexibility index (Phi) is 3.41. The molecule has 2 rings (SSSR count). The molecule has 18 heavy (non-hydrogen) atoms. The van der Waals surface area contributed by atoms with E-state index in [4.69, 9.17) is 11.1 Å². The lowest BCUT2D eigenvalue weighted by Crippen LogP contribution is -2.30. The summed E-state index contributed by atoms with van der Waals surface area (Å²) in [7, 11) is 0. The maximum Gasteiger partial charge on any atom is 0.265 e. The van der Waals surface area contributed by atoms with Crippen LogP contribution in [0, 0.1) is 11.3 Å². The molecule has 1 heterocycles. The summed E-state index contributed by atoms with van der Waals surface area (Å²) in [5, 5.41) is 8.91. The van der Waals surface area contributed by atoms with Gasteiger partial charge >= 0.3 is 0 Å². The van der Waals surface area contributed by atoms with Gasteiger partial charge in [-0.25, -0.2) is 5.84 Å². The average molecular weight is 240 g/mol. The number of hydrogen-bond donors (Lipinski definition) is 2. The van der Waals surface area contributed by atoms with Crippen LogP contribution in [0.2, 0.25) is 0 Å². The van der Waals surface area contributed by atoms with E-state index in [2.05, 4.69) is 11.5 Å². The SMILES string of the molecule is N#Cc1cccn1Cc1cccc(C(=O)NN)c1. The molecule has 0 aliphatic rings. The van der Waals surface area contributed by atoms with E-state index in [9.17, 15) is 4.79 Å². The molecule has 0 atom stereocenters. The van der Waals surface area contributed by atoms with Crippen LogP contribution >= 0.6 is 0 Å². The van der Waals surface area contributed by atoms with Gasteiger partial charge in [0.15, 0.2) is 0 Å². The third-order valence-corrected chi connectivity index (χ3v) is 2.62. The van der Waals surface area contributed by atoms with Crippen molar-refractivity contribution in [1.29, 1.82) is 5.26 Å². The monoisotopic (exact) mass is 240 g/mol. The number of carbonyl (C=O) groups excluding carboxylic acids is 1. The van der Waals surface area contributed by atoms with Gasteiger partial charge in [-0.05, 0) is 29.8 Å². The van der Waals surface area contributed by atoms with Gasteiger partial charge in [0.2, 0.25) is 0 Å². The highest BCUT2D eigenvalue weighted by Gasteiger charge is 2.05. The van der Waals surface area contributed by atoms with Crippen LogP contribution < -0.4 is 11.3 Å². The van der Waals surface area contributed by atoms with Crippen LogP contribution in [0.1, 0.15) is 21.6 Å². The highest BCUT2D eigenvalue weighted by Crippen LogP contribution is 2.09. The van der Waals surface area contributed by atoms with Gasteiger partial charge in [-0.1, -0.05) is 12.1 Å². The quantitative estimate of drug-likeness (QED) is 0.477. The summed E-state index contributed by atoms with van der Waals surface area (Å²) in [6.07, 6.45) is 1.83. The van der Waals surface area contributed by atoms with Crippen molar-refractivity contribution in [1.82, 2.24) is 9.99 Å². The Morgan fingerprint density at radius 3 is 2.94 bits per heavy atom. The van der Waals surface area contributed by atoms with Crippen LogP contribution in [0.5, 0.6) is 0 Å². The minimum atomic E-state index is -0.329. The topological polar surface area (TPSA) is 83.8 Å². The van der Waals surface area contributed by atoms with E-state index in [0.29, 0.717) is 17.8 Å². The number of nitrogens with two attached hydrogens (primary N) is 1. The standard InChI is InChI=1S/C13H12N4O/c14-8-12-5-2-6-17(12)9-10-3-1-4-11(7-10)13(18)16-15/h1-7H,9,15H2,(H,16,18). The first-order valence-corrected chi connectivity index (χ1v) is 5.39. The van der Waals surface area contributed by atoms with E-state index >= 15 is 0 Å². The first-order chi connectivity index (χ1) is 8.74. The Bertz CT molecular complexity index is 609. The first kappa shape index (κ1) is 11.9. The van der Waals surface area contributed by atoms with Crippen LogP contribution in [0.3, 0.4) is 0 Å². The number of hydrazine groups is 1. The molecule has 3 N–H and O–H groups in total. The summed E-state index contributed by atoms with van der Waals surface area (Å²) in [5.41, 5.74) is 4.11. The summed E-state index contributed by atoms with van der Waals surface area (Å²) < 4.78 is 1.82. The predicted octanol–water partition coefficient (Wildman–Crippen LogP) is 1.01. The smallest absolute Gasteiger partial charge is 0.265 e. The number of hydrogen-bond acceptors (Lipinski definition) is 3. The lowest BCUT2D eigenvalue weighted by molar-refractivity contribution is 0.0953. The number of nitrogens with zero attached hydrogens (tertiary/aromatic N) is 2. The Labute approximate surface area is 104 Å². The number of carbonyl (C=O) groups is 1. The maximum atomic E-state index is 11.4. The average Bonchev–Trinajstić information content (AvgIpc) is 2.85. The number of amides is 1. The van der Waals surface area contributed by atoms with Gasteiger partial charge in [0.1, 0.15) is 11.8 Å². The fraction of sp³-hybridized carbons (Fsp3) is 0.0769. The Hall–Kier alpha value is -2.58. The molecule has 0 unspecified atom stereocenters. The number of rotatable bonds is 3. The molecule has 1 aromatic heterocycles. The van der Waals surface area contributed by atoms with E-state index < -0.39 is 0 Å². The van der Waals surface area contributed by atoms with Gasteiger partial charge in [0.05, 0.1) is 0 Å². The van der Waals surface area contributed by atoms with Gasteiger partial charge < -0.3 is 4.57 Å². The molecule has 0 aliphatic heterocycles. The summed E-state index contributed by atoms with van der Waals surface area (Å²) in [4.78, 5) is 11.4. The third-order valence-electron chi connectivity index (χ3n) is 2.62. The lowest BCUT2D eigenvalue weighted by Gasteiger charge is -2.06. The second-order valence-corrected chi connectivity index (χ2v) is 3.81. The van der Waals surface area contributed by atoms with Crippen molar-refractivity contribution in [2.75, 3.05) is 0 Å². The second-order valence-electron chi connectivity index (χ2n) is 3.81. The van der Waals surface area contributed by atoms with Crippen LogP contribution in [0.15, 0.2) is 42.6 Å².